The van der Waals surface area contributed by atoms with Crippen LogP contribution in [0.15, 0.2) is 48.5 Å². The summed E-state index contributed by atoms with van der Waals surface area (Å²) >= 11 is 0. The van der Waals surface area contributed by atoms with E-state index in [2.05, 4.69) is 35.3 Å². The molecular weight excluding hydrogens is 279 g/mol. The van der Waals surface area contributed by atoms with Crippen molar-refractivity contribution in [1.29, 1.82) is 0 Å². The molecule has 0 radical (unpaired) electrons. The topological polar surface area (TPSA) is 32.3 Å². The van der Waals surface area contributed by atoms with Gasteiger partial charge in [0, 0.05) is 30.4 Å². The minimum atomic E-state index is -0.305. The number of rotatable bonds is 4. The van der Waals surface area contributed by atoms with Crippen LogP contribution in [0.2, 0.25) is 0 Å². The van der Waals surface area contributed by atoms with Crippen LogP contribution in [-0.2, 0) is 11.2 Å². The van der Waals surface area contributed by atoms with Crippen LogP contribution in [0.5, 0.6) is 0 Å². The molecule has 0 spiro atoms. The number of nitrogens with one attached hydrogen (secondary N) is 1. The van der Waals surface area contributed by atoms with E-state index in [1.165, 1.54) is 23.4 Å². The number of halogens is 1. The lowest BCUT2D eigenvalue weighted by Crippen LogP contribution is -2.32. The van der Waals surface area contributed by atoms with E-state index >= 15 is 0 Å². The van der Waals surface area contributed by atoms with Crippen molar-refractivity contribution >= 4 is 17.3 Å². The predicted octanol–water partition coefficient (Wildman–Crippen LogP) is 3.61. The second-order valence-corrected chi connectivity index (χ2v) is 5.68. The molecule has 4 heteroatoms. The maximum Gasteiger partial charge on any atom is 0.226 e. The smallest absolute Gasteiger partial charge is 0.226 e. The lowest BCUT2D eigenvalue weighted by Gasteiger charge is -2.24. The van der Waals surface area contributed by atoms with Gasteiger partial charge in [-0.05, 0) is 49.2 Å². The zero-order valence-electron chi connectivity index (χ0n) is 12.6. The predicted molar refractivity (Wildman–Crippen MR) is 86.6 cm³/mol. The zero-order chi connectivity index (χ0) is 15.5. The summed E-state index contributed by atoms with van der Waals surface area (Å²) < 4.78 is 12.8. The van der Waals surface area contributed by atoms with Gasteiger partial charge in [-0.2, -0.15) is 0 Å². The molecule has 0 fully saturated rings. The van der Waals surface area contributed by atoms with Gasteiger partial charge < -0.3 is 10.2 Å². The number of nitrogens with zero attached hydrogens (tertiary/aromatic N) is 1. The molecule has 0 unspecified atom stereocenters. The monoisotopic (exact) mass is 298 g/mol. The average Bonchev–Trinajstić information content (AvgIpc) is 2.83. The van der Waals surface area contributed by atoms with Gasteiger partial charge in [0.25, 0.3) is 0 Å². The van der Waals surface area contributed by atoms with Gasteiger partial charge in [0.15, 0.2) is 0 Å². The first-order valence-corrected chi connectivity index (χ1v) is 7.53. The summed E-state index contributed by atoms with van der Waals surface area (Å²) in [5, 5.41) is 2.80. The summed E-state index contributed by atoms with van der Waals surface area (Å²) in [6.07, 6.45) is 1.44. The number of amides is 1. The van der Waals surface area contributed by atoms with Crippen LogP contribution in [-0.4, -0.2) is 18.5 Å². The highest BCUT2D eigenvalue weighted by molar-refractivity contribution is 5.91. The first kappa shape index (κ1) is 14.6. The van der Waals surface area contributed by atoms with Crippen LogP contribution in [0.4, 0.5) is 15.8 Å². The molecule has 1 aliphatic rings. The third kappa shape index (κ3) is 3.11. The first-order chi connectivity index (χ1) is 10.6. The van der Waals surface area contributed by atoms with Gasteiger partial charge in [0.05, 0.1) is 0 Å². The van der Waals surface area contributed by atoms with E-state index < -0.39 is 0 Å². The number of benzene rings is 2. The van der Waals surface area contributed by atoms with Crippen molar-refractivity contribution in [2.24, 2.45) is 0 Å². The van der Waals surface area contributed by atoms with E-state index in [9.17, 15) is 9.18 Å². The fourth-order valence-electron chi connectivity index (χ4n) is 2.95. The molecular formula is C18H19FN2O. The molecule has 0 saturated heterocycles. The molecule has 0 aromatic heterocycles. The van der Waals surface area contributed by atoms with E-state index in [0.717, 1.165) is 6.42 Å². The number of hydrogen-bond acceptors (Lipinski definition) is 2. The first-order valence-electron chi connectivity index (χ1n) is 7.53. The Kier molecular flexibility index (Phi) is 4.09. The van der Waals surface area contributed by atoms with Gasteiger partial charge in [0.1, 0.15) is 5.82 Å². The number of carbonyl (C=O) groups is 1. The van der Waals surface area contributed by atoms with Crippen molar-refractivity contribution in [2.45, 2.75) is 25.8 Å². The Morgan fingerprint density at radius 2 is 1.95 bits per heavy atom. The zero-order valence-corrected chi connectivity index (χ0v) is 12.6. The minimum Gasteiger partial charge on any atom is -0.368 e. The van der Waals surface area contributed by atoms with Gasteiger partial charge in [-0.3, -0.25) is 4.79 Å². The third-order valence-electron chi connectivity index (χ3n) is 4.06. The molecule has 2 aromatic rings. The van der Waals surface area contributed by atoms with Crippen LogP contribution < -0.4 is 10.2 Å². The highest BCUT2D eigenvalue weighted by Crippen LogP contribution is 2.31. The van der Waals surface area contributed by atoms with E-state index in [1.54, 1.807) is 12.1 Å². The Balaban J connectivity index is 1.58. The molecule has 1 heterocycles. The molecule has 0 saturated carbocycles. The van der Waals surface area contributed by atoms with Crippen molar-refractivity contribution in [3.8, 4) is 0 Å². The van der Waals surface area contributed by atoms with Gasteiger partial charge >= 0.3 is 0 Å². The van der Waals surface area contributed by atoms with Crippen molar-refractivity contribution in [3.63, 3.8) is 0 Å². The number of para-hydroxylation sites is 1. The van der Waals surface area contributed by atoms with Gasteiger partial charge in [-0.25, -0.2) is 4.39 Å². The Morgan fingerprint density at radius 3 is 2.73 bits per heavy atom. The molecule has 1 amide bonds. The minimum absolute atomic E-state index is 0.0526. The number of fused-ring (bicyclic) bond motifs is 1. The van der Waals surface area contributed by atoms with Gasteiger partial charge in [0.2, 0.25) is 5.91 Å². The highest BCUT2D eigenvalue weighted by Gasteiger charge is 2.25. The summed E-state index contributed by atoms with van der Waals surface area (Å²) in [6, 6.07) is 14.6. The van der Waals surface area contributed by atoms with E-state index in [0.29, 0.717) is 24.7 Å². The molecule has 3 rings (SSSR count). The molecule has 114 valence electrons. The molecule has 1 aliphatic heterocycles. The summed E-state index contributed by atoms with van der Waals surface area (Å²) in [7, 11) is 0. The summed E-state index contributed by atoms with van der Waals surface area (Å²) in [5.41, 5.74) is 3.19. The maximum absolute atomic E-state index is 12.8. The summed E-state index contributed by atoms with van der Waals surface area (Å²) in [4.78, 5) is 14.3. The van der Waals surface area contributed by atoms with Crippen LogP contribution in [0, 0.1) is 5.82 Å². The second kappa shape index (κ2) is 6.18. The molecule has 22 heavy (non-hydrogen) atoms. The van der Waals surface area contributed by atoms with Crippen molar-refractivity contribution in [2.75, 3.05) is 16.8 Å². The van der Waals surface area contributed by atoms with Gasteiger partial charge in [-0.15, -0.1) is 0 Å². The second-order valence-electron chi connectivity index (χ2n) is 5.68. The van der Waals surface area contributed by atoms with Crippen molar-refractivity contribution in [1.82, 2.24) is 0 Å². The lowest BCUT2D eigenvalue weighted by atomic mass is 10.1. The standard InChI is InChI=1S/C18H19FN2O/c1-13-12-14-4-2-3-5-17(14)21(13)11-10-18(22)20-16-8-6-15(19)7-9-16/h2-9,13H,10-12H2,1H3,(H,20,22)/t13-/m0/s1. The van der Waals surface area contributed by atoms with Crippen LogP contribution in [0.1, 0.15) is 18.9 Å². The largest absolute Gasteiger partial charge is 0.368 e. The number of hydrogen-bond donors (Lipinski definition) is 1. The fraction of sp³-hybridized carbons (Fsp3) is 0.278. The number of anilines is 2. The highest BCUT2D eigenvalue weighted by atomic mass is 19.1. The van der Waals surface area contributed by atoms with Crippen molar-refractivity contribution < 1.29 is 9.18 Å². The van der Waals surface area contributed by atoms with Crippen molar-refractivity contribution in [3.05, 3.63) is 59.9 Å². The van der Waals surface area contributed by atoms with E-state index in [4.69, 9.17) is 0 Å². The maximum atomic E-state index is 12.8. The molecule has 1 atom stereocenters. The SMILES string of the molecule is C[C@H]1Cc2ccccc2N1CCC(=O)Nc1ccc(F)cc1. The van der Waals surface area contributed by atoms with Gasteiger partial charge in [-0.1, -0.05) is 18.2 Å². The number of carbonyl (C=O) groups excluding carboxylic acids is 1. The lowest BCUT2D eigenvalue weighted by molar-refractivity contribution is -0.116. The third-order valence-corrected chi connectivity index (χ3v) is 4.06. The molecule has 0 bridgehead atoms. The quantitative estimate of drug-likeness (QED) is 0.935. The Bertz CT molecular complexity index is 669. The normalized spacial score (nSPS) is 16.5. The average molecular weight is 298 g/mol. The van der Waals surface area contributed by atoms with E-state index in [-0.39, 0.29) is 11.7 Å². The molecule has 1 N–H and O–H groups in total. The van der Waals surface area contributed by atoms with E-state index in [1.807, 2.05) is 6.07 Å². The molecule has 2 aromatic carbocycles. The van der Waals surface area contributed by atoms with Crippen LogP contribution in [0.25, 0.3) is 0 Å². The Hall–Kier alpha value is -2.36. The molecule has 0 aliphatic carbocycles. The molecule has 3 nitrogen and oxygen atoms in total. The van der Waals surface area contributed by atoms with Crippen LogP contribution in [0.3, 0.4) is 0 Å². The van der Waals surface area contributed by atoms with Crippen LogP contribution >= 0.6 is 0 Å². The Morgan fingerprint density at radius 1 is 1.23 bits per heavy atom. The Labute approximate surface area is 129 Å². The fourth-order valence-corrected chi connectivity index (χ4v) is 2.95. The summed E-state index contributed by atoms with van der Waals surface area (Å²) in [5.74, 6) is -0.358. The summed E-state index contributed by atoms with van der Waals surface area (Å²) in [6.45, 7) is 2.86.